The topological polar surface area (TPSA) is 52.7 Å². The Morgan fingerprint density at radius 3 is 2.70 bits per heavy atom. The molecule has 0 aliphatic rings. The first kappa shape index (κ1) is 17.1. The summed E-state index contributed by atoms with van der Waals surface area (Å²) in [6.07, 6.45) is 4.16. The second kappa shape index (κ2) is 6.42. The second-order valence-corrected chi connectivity index (χ2v) is 6.44. The summed E-state index contributed by atoms with van der Waals surface area (Å²) in [7, 11) is 1.62. The summed E-state index contributed by atoms with van der Waals surface area (Å²) in [5.74, 6) is -0.792. The molecule has 0 aliphatic carbocycles. The summed E-state index contributed by atoms with van der Waals surface area (Å²) in [5, 5.41) is 0. The maximum atomic E-state index is 14.5. The second-order valence-electron chi connectivity index (χ2n) is 6.44. The number of aromatic nitrogens is 4. The van der Waals surface area contributed by atoms with Crippen LogP contribution in [0.4, 0.5) is 8.78 Å². The van der Waals surface area contributed by atoms with Gasteiger partial charge in [0.15, 0.2) is 5.65 Å². The summed E-state index contributed by atoms with van der Waals surface area (Å²) < 4.78 is 30.9. The lowest BCUT2D eigenvalue weighted by Gasteiger charge is -2.07. The van der Waals surface area contributed by atoms with Crippen LogP contribution in [0.3, 0.4) is 0 Å². The van der Waals surface area contributed by atoms with E-state index in [0.29, 0.717) is 33.4 Å². The van der Waals surface area contributed by atoms with Crippen molar-refractivity contribution in [2.45, 2.75) is 13.5 Å². The van der Waals surface area contributed by atoms with Crippen LogP contribution in [-0.2, 0) is 13.6 Å². The van der Waals surface area contributed by atoms with Gasteiger partial charge in [-0.25, -0.2) is 18.6 Å². The third kappa shape index (κ3) is 2.91. The Bertz CT molecular complexity index is 1230. The minimum absolute atomic E-state index is 0.141. The molecule has 0 amide bonds. The van der Waals surface area contributed by atoms with Crippen LogP contribution in [0.1, 0.15) is 11.1 Å². The lowest BCUT2D eigenvalue weighted by atomic mass is 10.0. The van der Waals surface area contributed by atoms with Gasteiger partial charge in [-0.3, -0.25) is 14.1 Å². The van der Waals surface area contributed by atoms with E-state index in [4.69, 9.17) is 0 Å². The Morgan fingerprint density at radius 1 is 1.11 bits per heavy atom. The molecule has 0 aliphatic heterocycles. The molecule has 136 valence electrons. The molecule has 0 atom stereocenters. The molecule has 5 nitrogen and oxygen atoms in total. The van der Waals surface area contributed by atoms with Gasteiger partial charge in [0.25, 0.3) is 0 Å². The highest BCUT2D eigenvalue weighted by molar-refractivity contribution is 5.79. The predicted octanol–water partition coefficient (Wildman–Crippen LogP) is 3.43. The van der Waals surface area contributed by atoms with Crippen LogP contribution in [0.25, 0.3) is 22.3 Å². The Morgan fingerprint density at radius 2 is 1.93 bits per heavy atom. The number of fused-ring (bicyclic) bond motifs is 1. The fourth-order valence-corrected chi connectivity index (χ4v) is 3.17. The first-order valence-corrected chi connectivity index (χ1v) is 8.36. The van der Waals surface area contributed by atoms with Crippen molar-refractivity contribution >= 4 is 11.2 Å². The van der Waals surface area contributed by atoms with Gasteiger partial charge in [0.2, 0.25) is 0 Å². The van der Waals surface area contributed by atoms with E-state index in [9.17, 15) is 13.6 Å². The van der Waals surface area contributed by atoms with Crippen LogP contribution in [0.2, 0.25) is 0 Å². The van der Waals surface area contributed by atoms with E-state index < -0.39 is 5.82 Å². The summed E-state index contributed by atoms with van der Waals surface area (Å²) >= 11 is 0. The number of rotatable bonds is 3. The molecule has 0 radical (unpaired) electrons. The predicted molar refractivity (Wildman–Crippen MR) is 98.4 cm³/mol. The third-order valence-electron chi connectivity index (χ3n) is 4.58. The zero-order valence-corrected chi connectivity index (χ0v) is 14.8. The number of benzene rings is 1. The molecule has 3 aromatic heterocycles. The van der Waals surface area contributed by atoms with E-state index in [2.05, 4.69) is 9.97 Å². The Hall–Kier alpha value is -3.35. The summed E-state index contributed by atoms with van der Waals surface area (Å²) in [6, 6.07) is 8.20. The Labute approximate surface area is 153 Å². The molecule has 27 heavy (non-hydrogen) atoms. The van der Waals surface area contributed by atoms with Crippen LogP contribution in [0, 0.1) is 18.6 Å². The number of hydrogen-bond acceptors (Lipinski definition) is 3. The minimum atomic E-state index is -0.471. The summed E-state index contributed by atoms with van der Waals surface area (Å²) in [5.41, 5.74) is 2.80. The highest BCUT2D eigenvalue weighted by Gasteiger charge is 2.15. The van der Waals surface area contributed by atoms with Crippen LogP contribution in [0.5, 0.6) is 0 Å². The zero-order valence-electron chi connectivity index (χ0n) is 14.8. The molecule has 3 heterocycles. The quantitative estimate of drug-likeness (QED) is 0.558. The molecule has 0 spiro atoms. The van der Waals surface area contributed by atoms with E-state index in [1.165, 1.54) is 21.4 Å². The number of aryl methyl sites for hydroxylation is 2. The van der Waals surface area contributed by atoms with Gasteiger partial charge in [0, 0.05) is 30.6 Å². The van der Waals surface area contributed by atoms with Crippen molar-refractivity contribution in [3.05, 3.63) is 82.2 Å². The number of halogens is 2. The zero-order chi connectivity index (χ0) is 19.1. The van der Waals surface area contributed by atoms with Crippen molar-refractivity contribution in [3.8, 4) is 11.1 Å². The molecular formula is C20H16F2N4O. The lowest BCUT2D eigenvalue weighted by Crippen LogP contribution is -2.22. The largest absolute Gasteiger partial charge is 0.330 e. The molecule has 0 saturated carbocycles. The standard InChI is InChI=1S/C20H16F2N4O/c1-12-4-3-5-16(18(12)22)14-7-17-19(24-9-14)25(2)20(27)26(17)11-13-6-15(21)10-23-8-13/h3-10H,11H2,1-2H3. The average molecular weight is 366 g/mol. The van der Waals surface area contributed by atoms with Gasteiger partial charge in [-0.15, -0.1) is 0 Å². The molecule has 4 rings (SSSR count). The molecule has 0 fully saturated rings. The first-order valence-electron chi connectivity index (χ1n) is 8.36. The highest BCUT2D eigenvalue weighted by Crippen LogP contribution is 2.26. The van der Waals surface area contributed by atoms with Gasteiger partial charge in [-0.1, -0.05) is 18.2 Å². The lowest BCUT2D eigenvalue weighted by molar-refractivity contribution is 0.615. The molecule has 4 aromatic rings. The van der Waals surface area contributed by atoms with Crippen LogP contribution >= 0.6 is 0 Å². The number of hydrogen-bond donors (Lipinski definition) is 0. The number of pyridine rings is 2. The van der Waals surface area contributed by atoms with E-state index >= 15 is 0 Å². The van der Waals surface area contributed by atoms with E-state index in [1.807, 2.05) is 0 Å². The van der Waals surface area contributed by atoms with Crippen molar-refractivity contribution in [2.75, 3.05) is 0 Å². The third-order valence-corrected chi connectivity index (χ3v) is 4.58. The molecule has 0 bridgehead atoms. The Balaban J connectivity index is 1.90. The van der Waals surface area contributed by atoms with Crippen LogP contribution in [0.15, 0.2) is 53.7 Å². The summed E-state index contributed by atoms with van der Waals surface area (Å²) in [4.78, 5) is 20.8. The average Bonchev–Trinajstić information content (AvgIpc) is 2.88. The minimum Gasteiger partial charge on any atom is -0.286 e. The smallest absolute Gasteiger partial charge is 0.286 e. The number of imidazole rings is 1. The van der Waals surface area contributed by atoms with E-state index in [1.54, 1.807) is 44.4 Å². The van der Waals surface area contributed by atoms with Gasteiger partial charge in [0.05, 0.1) is 18.3 Å². The molecular weight excluding hydrogens is 350 g/mol. The van der Waals surface area contributed by atoms with Crippen molar-refractivity contribution in [3.63, 3.8) is 0 Å². The number of nitrogens with zero attached hydrogens (tertiary/aromatic N) is 4. The van der Waals surface area contributed by atoms with Gasteiger partial charge in [0.1, 0.15) is 11.6 Å². The monoisotopic (exact) mass is 366 g/mol. The SMILES string of the molecule is Cc1cccc(-c2cnc3c(c2)n(Cc2cncc(F)c2)c(=O)n3C)c1F. The summed E-state index contributed by atoms with van der Waals surface area (Å²) in [6.45, 7) is 1.84. The first-order chi connectivity index (χ1) is 13.0. The van der Waals surface area contributed by atoms with Crippen LogP contribution < -0.4 is 5.69 Å². The van der Waals surface area contributed by atoms with E-state index in [0.717, 1.165) is 6.20 Å². The molecule has 0 unspecified atom stereocenters. The molecule has 0 N–H and O–H groups in total. The van der Waals surface area contributed by atoms with Gasteiger partial charge >= 0.3 is 5.69 Å². The van der Waals surface area contributed by atoms with Gasteiger partial charge < -0.3 is 0 Å². The van der Waals surface area contributed by atoms with Crippen LogP contribution in [-0.4, -0.2) is 19.1 Å². The molecule has 0 saturated heterocycles. The Kier molecular flexibility index (Phi) is 4.07. The maximum absolute atomic E-state index is 14.5. The normalized spacial score (nSPS) is 11.3. The van der Waals surface area contributed by atoms with Crippen molar-refractivity contribution < 1.29 is 8.78 Å². The van der Waals surface area contributed by atoms with E-state index in [-0.39, 0.29) is 18.1 Å². The maximum Gasteiger partial charge on any atom is 0.330 e. The molecule has 1 aromatic carbocycles. The highest BCUT2D eigenvalue weighted by atomic mass is 19.1. The fraction of sp³-hybridized carbons (Fsp3) is 0.150. The van der Waals surface area contributed by atoms with Crippen molar-refractivity contribution in [1.82, 2.24) is 19.1 Å². The molecule has 7 heteroatoms. The fourth-order valence-electron chi connectivity index (χ4n) is 3.17. The van der Waals surface area contributed by atoms with Crippen molar-refractivity contribution in [1.29, 1.82) is 0 Å². The van der Waals surface area contributed by atoms with Gasteiger partial charge in [-0.05, 0) is 30.2 Å². The van der Waals surface area contributed by atoms with Crippen molar-refractivity contribution in [2.24, 2.45) is 7.05 Å². The van der Waals surface area contributed by atoms with Gasteiger partial charge in [-0.2, -0.15) is 0 Å².